The summed E-state index contributed by atoms with van der Waals surface area (Å²) in [7, 11) is -2.85. The van der Waals surface area contributed by atoms with E-state index in [1.165, 1.54) is 0 Å². The molecule has 0 bridgehead atoms. The number of hydrogen-bond acceptors (Lipinski definition) is 5. The van der Waals surface area contributed by atoms with Gasteiger partial charge in [-0.1, -0.05) is 0 Å². The highest BCUT2D eigenvalue weighted by Crippen LogP contribution is 2.22. The van der Waals surface area contributed by atoms with Crippen molar-refractivity contribution in [2.75, 3.05) is 18.1 Å². The van der Waals surface area contributed by atoms with E-state index in [0.29, 0.717) is 13.0 Å². The van der Waals surface area contributed by atoms with Crippen molar-refractivity contribution in [3.63, 3.8) is 0 Å². The van der Waals surface area contributed by atoms with Gasteiger partial charge in [-0.25, -0.2) is 13.2 Å². The highest BCUT2D eigenvalue weighted by molar-refractivity contribution is 7.91. The Morgan fingerprint density at radius 3 is 2.41 bits per heavy atom. The molecule has 0 aromatic carbocycles. The summed E-state index contributed by atoms with van der Waals surface area (Å²) in [5, 5.41) is 3.45. The van der Waals surface area contributed by atoms with E-state index in [-0.39, 0.29) is 35.7 Å². The van der Waals surface area contributed by atoms with Crippen LogP contribution in [0.5, 0.6) is 0 Å². The number of carbonyl (C=O) groups excluding carboxylic acids is 1. The van der Waals surface area contributed by atoms with Crippen molar-refractivity contribution in [2.24, 2.45) is 0 Å². The van der Waals surface area contributed by atoms with Crippen LogP contribution in [0.1, 0.15) is 47.0 Å². The smallest absolute Gasteiger partial charge is 0.410 e. The van der Waals surface area contributed by atoms with E-state index in [2.05, 4.69) is 5.32 Å². The molecule has 2 heterocycles. The van der Waals surface area contributed by atoms with Crippen LogP contribution < -0.4 is 5.32 Å². The number of rotatable bonds is 2. The molecule has 3 atom stereocenters. The molecular weight excluding hydrogens is 304 g/mol. The van der Waals surface area contributed by atoms with Crippen LogP contribution in [0, 0.1) is 0 Å². The lowest BCUT2D eigenvalue weighted by Gasteiger charge is -2.39. The average molecular weight is 332 g/mol. The van der Waals surface area contributed by atoms with Crippen molar-refractivity contribution in [2.45, 2.75) is 70.7 Å². The minimum absolute atomic E-state index is 0.0651. The second-order valence-electron chi connectivity index (χ2n) is 7.51. The first-order valence-corrected chi connectivity index (χ1v) is 9.84. The number of sulfone groups is 1. The molecule has 0 aromatic rings. The summed E-state index contributed by atoms with van der Waals surface area (Å²) in [4.78, 5) is 13.9. The largest absolute Gasteiger partial charge is 0.444 e. The molecule has 128 valence electrons. The van der Waals surface area contributed by atoms with Gasteiger partial charge in [-0.3, -0.25) is 0 Å². The Kier molecular flexibility index (Phi) is 5.06. The lowest BCUT2D eigenvalue weighted by Crippen LogP contribution is -2.52. The Balaban J connectivity index is 1.84. The van der Waals surface area contributed by atoms with Crippen LogP contribution in [-0.4, -0.2) is 61.2 Å². The lowest BCUT2D eigenvalue weighted by atomic mass is 9.97. The molecule has 2 saturated heterocycles. The van der Waals surface area contributed by atoms with E-state index < -0.39 is 15.4 Å². The standard InChI is InChI=1S/C15H28N2O4S/c1-11-9-12(16-13-6-8-22(19,20)10-13)5-7-17(11)14(18)21-15(2,3)4/h11-13,16H,5-10H2,1-4H3. The third-order valence-corrected chi connectivity index (χ3v) is 5.98. The topological polar surface area (TPSA) is 75.7 Å². The van der Waals surface area contributed by atoms with Crippen LogP contribution in [0.2, 0.25) is 0 Å². The van der Waals surface area contributed by atoms with Gasteiger partial charge in [-0.2, -0.15) is 0 Å². The molecule has 2 aliphatic rings. The number of likely N-dealkylation sites (tertiary alicyclic amines) is 1. The Hall–Kier alpha value is -0.820. The Morgan fingerprint density at radius 2 is 1.91 bits per heavy atom. The zero-order valence-corrected chi connectivity index (χ0v) is 14.8. The lowest BCUT2D eigenvalue weighted by molar-refractivity contribution is 0.00910. The molecule has 0 radical (unpaired) electrons. The van der Waals surface area contributed by atoms with Gasteiger partial charge < -0.3 is 15.0 Å². The molecule has 3 unspecified atom stereocenters. The summed E-state index contributed by atoms with van der Waals surface area (Å²) in [5.41, 5.74) is -0.482. The third kappa shape index (κ3) is 4.84. The average Bonchev–Trinajstić information content (AvgIpc) is 2.66. The van der Waals surface area contributed by atoms with Crippen LogP contribution in [0.25, 0.3) is 0 Å². The zero-order valence-electron chi connectivity index (χ0n) is 14.0. The predicted molar refractivity (Wildman–Crippen MR) is 85.6 cm³/mol. The molecule has 2 aliphatic heterocycles. The number of piperidine rings is 1. The van der Waals surface area contributed by atoms with E-state index in [9.17, 15) is 13.2 Å². The fourth-order valence-electron chi connectivity index (χ4n) is 3.18. The minimum Gasteiger partial charge on any atom is -0.444 e. The first kappa shape index (κ1) is 17.5. The third-order valence-electron chi connectivity index (χ3n) is 4.21. The highest BCUT2D eigenvalue weighted by Gasteiger charge is 2.34. The van der Waals surface area contributed by atoms with Gasteiger partial charge in [0.1, 0.15) is 5.60 Å². The molecule has 22 heavy (non-hydrogen) atoms. The predicted octanol–water partition coefficient (Wildman–Crippen LogP) is 1.55. The zero-order chi connectivity index (χ0) is 16.5. The molecule has 7 heteroatoms. The van der Waals surface area contributed by atoms with Crippen LogP contribution in [-0.2, 0) is 14.6 Å². The van der Waals surface area contributed by atoms with Crippen molar-refractivity contribution in [1.29, 1.82) is 0 Å². The van der Waals surface area contributed by atoms with Crippen LogP contribution in [0.15, 0.2) is 0 Å². The quantitative estimate of drug-likeness (QED) is 0.830. The summed E-state index contributed by atoms with van der Waals surface area (Å²) >= 11 is 0. The maximum absolute atomic E-state index is 12.2. The first-order valence-electron chi connectivity index (χ1n) is 8.02. The number of amides is 1. The molecule has 6 nitrogen and oxygen atoms in total. The number of nitrogens with zero attached hydrogens (tertiary/aromatic N) is 1. The molecule has 0 spiro atoms. The van der Waals surface area contributed by atoms with Gasteiger partial charge in [0.05, 0.1) is 11.5 Å². The van der Waals surface area contributed by atoms with Crippen molar-refractivity contribution in [1.82, 2.24) is 10.2 Å². The van der Waals surface area contributed by atoms with Crippen LogP contribution in [0.3, 0.4) is 0 Å². The Bertz CT molecular complexity index is 512. The number of hydrogen-bond donors (Lipinski definition) is 1. The normalized spacial score (nSPS) is 32.0. The summed E-state index contributed by atoms with van der Waals surface area (Å²) in [5.74, 6) is 0.532. The number of ether oxygens (including phenoxy) is 1. The summed E-state index contributed by atoms with van der Waals surface area (Å²) in [6.45, 7) is 8.26. The SMILES string of the molecule is CC1CC(NC2CCS(=O)(=O)C2)CCN1C(=O)OC(C)(C)C. The molecule has 0 aromatic heterocycles. The van der Waals surface area contributed by atoms with E-state index in [0.717, 1.165) is 12.8 Å². The second-order valence-corrected chi connectivity index (χ2v) is 9.74. The summed E-state index contributed by atoms with van der Waals surface area (Å²) in [6.07, 6.45) is 2.10. The van der Waals surface area contributed by atoms with Gasteiger partial charge in [-0.05, 0) is 47.0 Å². The van der Waals surface area contributed by atoms with Crippen molar-refractivity contribution in [3.05, 3.63) is 0 Å². The van der Waals surface area contributed by atoms with Gasteiger partial charge in [0.25, 0.3) is 0 Å². The van der Waals surface area contributed by atoms with Gasteiger partial charge in [0, 0.05) is 24.7 Å². The van der Waals surface area contributed by atoms with Gasteiger partial charge >= 0.3 is 6.09 Å². The highest BCUT2D eigenvalue weighted by atomic mass is 32.2. The fraction of sp³-hybridized carbons (Fsp3) is 0.933. The fourth-order valence-corrected chi connectivity index (χ4v) is 4.86. The van der Waals surface area contributed by atoms with E-state index in [1.807, 2.05) is 27.7 Å². The van der Waals surface area contributed by atoms with E-state index in [4.69, 9.17) is 4.74 Å². The molecule has 1 amide bonds. The molecule has 2 rings (SSSR count). The van der Waals surface area contributed by atoms with Gasteiger partial charge in [0.15, 0.2) is 9.84 Å². The summed E-state index contributed by atoms with van der Waals surface area (Å²) in [6, 6.07) is 0.432. The molecule has 1 N–H and O–H groups in total. The van der Waals surface area contributed by atoms with Crippen LogP contribution >= 0.6 is 0 Å². The van der Waals surface area contributed by atoms with Crippen molar-refractivity contribution in [3.8, 4) is 0 Å². The molecule has 0 aliphatic carbocycles. The van der Waals surface area contributed by atoms with Gasteiger partial charge in [-0.15, -0.1) is 0 Å². The molecular formula is C15H28N2O4S. The maximum atomic E-state index is 12.2. The number of nitrogens with one attached hydrogen (secondary N) is 1. The molecule has 0 saturated carbocycles. The summed E-state index contributed by atoms with van der Waals surface area (Å²) < 4.78 is 28.5. The maximum Gasteiger partial charge on any atom is 0.410 e. The monoisotopic (exact) mass is 332 g/mol. The van der Waals surface area contributed by atoms with Crippen molar-refractivity contribution < 1.29 is 17.9 Å². The van der Waals surface area contributed by atoms with E-state index in [1.54, 1.807) is 4.90 Å². The van der Waals surface area contributed by atoms with E-state index >= 15 is 0 Å². The first-order chi connectivity index (χ1) is 10.1. The Morgan fingerprint density at radius 1 is 1.23 bits per heavy atom. The van der Waals surface area contributed by atoms with Crippen LogP contribution in [0.4, 0.5) is 4.79 Å². The van der Waals surface area contributed by atoms with Crippen molar-refractivity contribution >= 4 is 15.9 Å². The molecule has 2 fully saturated rings. The second kappa shape index (κ2) is 6.35. The number of carbonyl (C=O) groups is 1. The Labute approximate surface area is 133 Å². The minimum atomic E-state index is -2.85. The van der Waals surface area contributed by atoms with Gasteiger partial charge in [0.2, 0.25) is 0 Å².